The molecule has 0 unspecified atom stereocenters. The van der Waals surface area contributed by atoms with Crippen molar-refractivity contribution in [3.8, 4) is 17.3 Å². The van der Waals surface area contributed by atoms with Crippen molar-refractivity contribution in [3.05, 3.63) is 47.5 Å². The van der Waals surface area contributed by atoms with Gasteiger partial charge in [-0.15, -0.1) is 0 Å². The maximum Gasteiger partial charge on any atom is 0.224 e. The van der Waals surface area contributed by atoms with Crippen molar-refractivity contribution in [1.29, 1.82) is 0 Å². The fraction of sp³-hybridized carbons (Fsp3) is 0.481. The molecule has 1 N–H and O–H groups in total. The van der Waals surface area contributed by atoms with Crippen LogP contribution in [0, 0.1) is 13.8 Å². The van der Waals surface area contributed by atoms with Crippen LogP contribution >= 0.6 is 0 Å². The summed E-state index contributed by atoms with van der Waals surface area (Å²) in [6.45, 7) is 10.9. The van der Waals surface area contributed by atoms with Gasteiger partial charge in [-0.25, -0.2) is 14.6 Å². The van der Waals surface area contributed by atoms with Crippen LogP contribution in [0.1, 0.15) is 56.5 Å². The summed E-state index contributed by atoms with van der Waals surface area (Å²) in [6.07, 6.45) is 6.15. The van der Waals surface area contributed by atoms with Crippen LogP contribution in [-0.2, 0) is 11.2 Å². The highest BCUT2D eigenvalue weighted by Crippen LogP contribution is 2.30. The average Bonchev–Trinajstić information content (AvgIpc) is 3.18. The summed E-state index contributed by atoms with van der Waals surface area (Å²) in [5.41, 5.74) is 3.54. The van der Waals surface area contributed by atoms with Crippen LogP contribution in [0.3, 0.4) is 0 Å². The first-order chi connectivity index (χ1) is 17.5. The average molecular weight is 493 g/mol. The van der Waals surface area contributed by atoms with Crippen LogP contribution in [0.2, 0.25) is 0 Å². The highest BCUT2D eigenvalue weighted by Gasteiger charge is 2.18. The number of piperidine rings is 1. The van der Waals surface area contributed by atoms with E-state index in [1.54, 1.807) is 12.4 Å². The molecule has 3 aromatic rings. The lowest BCUT2D eigenvalue weighted by Crippen LogP contribution is -2.30. The molecule has 3 heterocycles. The number of amides is 1. The van der Waals surface area contributed by atoms with E-state index in [1.165, 1.54) is 19.3 Å². The highest BCUT2D eigenvalue weighted by atomic mass is 16.5. The predicted octanol–water partition coefficient (Wildman–Crippen LogP) is 4.64. The Bertz CT molecular complexity index is 1190. The zero-order valence-electron chi connectivity index (χ0n) is 21.7. The van der Waals surface area contributed by atoms with Crippen molar-refractivity contribution in [1.82, 2.24) is 19.7 Å². The molecule has 1 saturated heterocycles. The van der Waals surface area contributed by atoms with Gasteiger partial charge in [0, 0.05) is 37.3 Å². The number of hydrogen-bond acceptors (Lipinski definition) is 7. The number of rotatable bonds is 10. The van der Waals surface area contributed by atoms with Gasteiger partial charge in [0.05, 0.1) is 24.6 Å². The standard InChI is InChI=1S/C27H36N6O3/c1-5-35-21-10-12-24(36-6-2)23(16-21)30-27(34)13-11-22-19(3)31-33(20(22)4)26-17-25(28-18-29-26)32-14-8-7-9-15-32/h10,12,16-18H,5-9,11,13-15H2,1-4H3,(H,30,34). The zero-order chi connectivity index (χ0) is 25.5. The number of anilines is 2. The van der Waals surface area contributed by atoms with Crippen molar-refractivity contribution in [2.24, 2.45) is 0 Å². The van der Waals surface area contributed by atoms with Crippen LogP contribution in [0.4, 0.5) is 11.5 Å². The molecule has 0 radical (unpaired) electrons. The third-order valence-corrected chi connectivity index (χ3v) is 6.41. The van der Waals surface area contributed by atoms with Gasteiger partial charge in [-0.1, -0.05) is 0 Å². The van der Waals surface area contributed by atoms with Gasteiger partial charge in [0.1, 0.15) is 23.6 Å². The maximum atomic E-state index is 12.9. The highest BCUT2D eigenvalue weighted by molar-refractivity contribution is 5.92. The number of aryl methyl sites for hydroxylation is 1. The third-order valence-electron chi connectivity index (χ3n) is 6.41. The molecule has 1 aromatic carbocycles. The number of nitrogens with one attached hydrogen (secondary N) is 1. The second-order valence-electron chi connectivity index (χ2n) is 8.92. The van der Waals surface area contributed by atoms with E-state index in [4.69, 9.17) is 14.6 Å². The summed E-state index contributed by atoms with van der Waals surface area (Å²) in [6, 6.07) is 7.47. The van der Waals surface area contributed by atoms with E-state index in [-0.39, 0.29) is 5.91 Å². The molecule has 9 heteroatoms. The van der Waals surface area contributed by atoms with Crippen LogP contribution in [-0.4, -0.2) is 52.0 Å². The first-order valence-electron chi connectivity index (χ1n) is 12.8. The summed E-state index contributed by atoms with van der Waals surface area (Å²) in [5, 5.41) is 7.73. The van der Waals surface area contributed by atoms with Crippen molar-refractivity contribution in [2.75, 3.05) is 36.5 Å². The van der Waals surface area contributed by atoms with Gasteiger partial charge in [0.25, 0.3) is 0 Å². The van der Waals surface area contributed by atoms with Gasteiger partial charge < -0.3 is 19.7 Å². The Labute approximate surface area is 212 Å². The summed E-state index contributed by atoms with van der Waals surface area (Å²) in [5.74, 6) is 2.91. The molecule has 4 rings (SSSR count). The molecular formula is C27H36N6O3. The summed E-state index contributed by atoms with van der Waals surface area (Å²) in [4.78, 5) is 24.1. The number of benzene rings is 1. The number of carbonyl (C=O) groups is 1. The van der Waals surface area contributed by atoms with Crippen molar-refractivity contribution >= 4 is 17.4 Å². The number of aromatic nitrogens is 4. The number of hydrogen-bond donors (Lipinski definition) is 1. The Morgan fingerprint density at radius 3 is 2.50 bits per heavy atom. The minimum absolute atomic E-state index is 0.0921. The Hall–Kier alpha value is -3.62. The molecule has 0 aliphatic carbocycles. The summed E-state index contributed by atoms with van der Waals surface area (Å²) >= 11 is 0. The quantitative estimate of drug-likeness (QED) is 0.441. The van der Waals surface area contributed by atoms with Crippen LogP contribution in [0.15, 0.2) is 30.6 Å². The van der Waals surface area contributed by atoms with Gasteiger partial charge in [0.2, 0.25) is 5.91 Å². The molecule has 1 fully saturated rings. The lowest BCUT2D eigenvalue weighted by atomic mass is 10.1. The van der Waals surface area contributed by atoms with E-state index in [2.05, 4.69) is 20.2 Å². The number of nitrogens with zero attached hydrogens (tertiary/aromatic N) is 5. The fourth-order valence-corrected chi connectivity index (χ4v) is 4.60. The molecule has 1 aliphatic rings. The topological polar surface area (TPSA) is 94.4 Å². The first-order valence-corrected chi connectivity index (χ1v) is 12.8. The Kier molecular flexibility index (Phi) is 8.40. The van der Waals surface area contributed by atoms with Crippen molar-refractivity contribution in [3.63, 3.8) is 0 Å². The number of ether oxygens (including phenoxy) is 2. The summed E-state index contributed by atoms with van der Waals surface area (Å²) in [7, 11) is 0. The van der Waals surface area contributed by atoms with Gasteiger partial charge in [0.15, 0.2) is 5.82 Å². The van der Waals surface area contributed by atoms with Gasteiger partial charge in [-0.05, 0) is 71.1 Å². The van der Waals surface area contributed by atoms with Gasteiger partial charge >= 0.3 is 0 Å². The van der Waals surface area contributed by atoms with Gasteiger partial charge in [-0.2, -0.15) is 5.10 Å². The Balaban J connectivity index is 1.46. The number of carbonyl (C=O) groups excluding carboxylic acids is 1. The molecule has 36 heavy (non-hydrogen) atoms. The van der Waals surface area contributed by atoms with Crippen molar-refractivity contribution < 1.29 is 14.3 Å². The van der Waals surface area contributed by atoms with Crippen LogP contribution in [0.25, 0.3) is 5.82 Å². The van der Waals surface area contributed by atoms with E-state index in [0.717, 1.165) is 41.7 Å². The Morgan fingerprint density at radius 1 is 1.00 bits per heavy atom. The molecule has 0 bridgehead atoms. The predicted molar refractivity (Wildman–Crippen MR) is 140 cm³/mol. The molecule has 0 saturated carbocycles. The third kappa shape index (κ3) is 5.95. The molecule has 2 aromatic heterocycles. The molecule has 0 atom stereocenters. The monoisotopic (exact) mass is 492 g/mol. The van der Waals surface area contributed by atoms with E-state index >= 15 is 0 Å². The molecular weight excluding hydrogens is 456 g/mol. The van der Waals surface area contributed by atoms with Crippen LogP contribution < -0.4 is 19.7 Å². The Morgan fingerprint density at radius 2 is 1.75 bits per heavy atom. The fourth-order valence-electron chi connectivity index (χ4n) is 4.60. The molecule has 0 spiro atoms. The maximum absolute atomic E-state index is 12.9. The summed E-state index contributed by atoms with van der Waals surface area (Å²) < 4.78 is 13.1. The van der Waals surface area contributed by atoms with E-state index in [9.17, 15) is 4.79 Å². The van der Waals surface area contributed by atoms with Crippen molar-refractivity contribution in [2.45, 2.75) is 59.8 Å². The molecule has 1 aliphatic heterocycles. The molecule has 1 amide bonds. The lowest BCUT2D eigenvalue weighted by molar-refractivity contribution is -0.116. The second-order valence-corrected chi connectivity index (χ2v) is 8.92. The zero-order valence-corrected chi connectivity index (χ0v) is 21.7. The molecule has 9 nitrogen and oxygen atoms in total. The van der Waals surface area contributed by atoms with E-state index < -0.39 is 0 Å². The second kappa shape index (κ2) is 11.9. The molecule has 192 valence electrons. The smallest absolute Gasteiger partial charge is 0.224 e. The van der Waals surface area contributed by atoms with Gasteiger partial charge in [-0.3, -0.25) is 4.79 Å². The largest absolute Gasteiger partial charge is 0.494 e. The normalized spacial score (nSPS) is 13.5. The lowest BCUT2D eigenvalue weighted by Gasteiger charge is -2.27. The minimum Gasteiger partial charge on any atom is -0.494 e. The SMILES string of the molecule is CCOc1ccc(OCC)c(NC(=O)CCc2c(C)nn(-c3cc(N4CCCCC4)ncn3)c2C)c1. The van der Waals surface area contributed by atoms with E-state index in [1.807, 2.05) is 50.6 Å². The van der Waals surface area contributed by atoms with E-state index in [0.29, 0.717) is 43.2 Å². The first kappa shape index (κ1) is 25.5. The van der Waals surface area contributed by atoms with Crippen LogP contribution in [0.5, 0.6) is 11.5 Å². The minimum atomic E-state index is -0.0921.